The van der Waals surface area contributed by atoms with Crippen LogP contribution in [0.25, 0.3) is 0 Å². The van der Waals surface area contributed by atoms with E-state index in [1.807, 2.05) is 18.2 Å². The number of benzene rings is 1. The predicted octanol–water partition coefficient (Wildman–Crippen LogP) is 4.40. The molecule has 3 aromatic rings. The predicted molar refractivity (Wildman–Crippen MR) is 97.2 cm³/mol. The van der Waals surface area contributed by atoms with Gasteiger partial charge in [-0.3, -0.25) is 0 Å². The summed E-state index contributed by atoms with van der Waals surface area (Å²) in [6, 6.07) is 11.9. The number of thioether (sulfide) groups is 1. The van der Waals surface area contributed by atoms with E-state index in [1.54, 1.807) is 13.0 Å². The lowest BCUT2D eigenvalue weighted by Crippen LogP contribution is -2.00. The van der Waals surface area contributed by atoms with Crippen LogP contribution in [-0.2, 0) is 16.9 Å². The minimum atomic E-state index is -0.405. The van der Waals surface area contributed by atoms with E-state index in [4.69, 9.17) is 13.6 Å². The second-order valence-electron chi connectivity index (χ2n) is 5.94. The zero-order valence-corrected chi connectivity index (χ0v) is 15.7. The lowest BCUT2D eigenvalue weighted by molar-refractivity contribution is 0.0599. The number of nitrogens with zero attached hydrogens (tertiary/aromatic N) is 2. The van der Waals surface area contributed by atoms with Crippen LogP contribution in [0, 0.1) is 6.92 Å². The Morgan fingerprint density at radius 3 is 2.73 bits per heavy atom. The molecule has 0 N–H and O–H groups in total. The monoisotopic (exact) mass is 372 g/mol. The summed E-state index contributed by atoms with van der Waals surface area (Å²) in [4.78, 5) is 11.6. The molecule has 1 aromatic carbocycles. The van der Waals surface area contributed by atoms with Gasteiger partial charge in [0.05, 0.1) is 12.9 Å². The van der Waals surface area contributed by atoms with E-state index < -0.39 is 5.97 Å². The van der Waals surface area contributed by atoms with Crippen molar-refractivity contribution in [2.24, 2.45) is 0 Å². The molecule has 0 bridgehead atoms. The van der Waals surface area contributed by atoms with Gasteiger partial charge < -0.3 is 13.6 Å². The van der Waals surface area contributed by atoms with E-state index in [-0.39, 0.29) is 0 Å². The Hall–Kier alpha value is -2.54. The molecule has 0 saturated carbocycles. The SMILES string of the molecule is COC(=O)c1cc(CSc2nnc(CC(C)c3ccccc3)o2)oc1C. The molecule has 1 unspecified atom stereocenters. The second-order valence-corrected chi connectivity index (χ2v) is 6.87. The van der Waals surface area contributed by atoms with Gasteiger partial charge in [0.25, 0.3) is 5.22 Å². The van der Waals surface area contributed by atoms with Crippen LogP contribution < -0.4 is 0 Å². The van der Waals surface area contributed by atoms with E-state index >= 15 is 0 Å². The number of carbonyl (C=O) groups is 1. The third kappa shape index (κ3) is 4.35. The largest absolute Gasteiger partial charge is 0.465 e. The Bertz CT molecular complexity index is 873. The Balaban J connectivity index is 1.58. The van der Waals surface area contributed by atoms with E-state index in [1.165, 1.54) is 24.4 Å². The number of carbonyl (C=O) groups excluding carboxylic acids is 1. The van der Waals surface area contributed by atoms with Gasteiger partial charge >= 0.3 is 5.97 Å². The Kier molecular flexibility index (Phi) is 5.78. The van der Waals surface area contributed by atoms with E-state index in [2.05, 4.69) is 29.3 Å². The summed E-state index contributed by atoms with van der Waals surface area (Å²) in [6.45, 7) is 3.86. The Morgan fingerprint density at radius 1 is 1.23 bits per heavy atom. The lowest BCUT2D eigenvalue weighted by Gasteiger charge is -2.08. The third-order valence-electron chi connectivity index (χ3n) is 4.01. The molecule has 6 nitrogen and oxygen atoms in total. The summed E-state index contributed by atoms with van der Waals surface area (Å²) in [5.41, 5.74) is 1.67. The van der Waals surface area contributed by atoms with Gasteiger partial charge in [0.15, 0.2) is 0 Å². The van der Waals surface area contributed by atoms with E-state index in [0.29, 0.717) is 46.3 Å². The number of hydrogen-bond donors (Lipinski definition) is 0. The molecule has 3 rings (SSSR count). The molecule has 0 fully saturated rings. The van der Waals surface area contributed by atoms with Crippen molar-refractivity contribution in [1.82, 2.24) is 10.2 Å². The number of methoxy groups -OCH3 is 1. The smallest absolute Gasteiger partial charge is 0.341 e. The van der Waals surface area contributed by atoms with Crippen molar-refractivity contribution in [3.63, 3.8) is 0 Å². The zero-order valence-electron chi connectivity index (χ0n) is 14.9. The van der Waals surface area contributed by atoms with Gasteiger partial charge in [-0.2, -0.15) is 0 Å². The average Bonchev–Trinajstić information content (AvgIpc) is 3.26. The van der Waals surface area contributed by atoms with Crippen molar-refractivity contribution in [2.45, 2.75) is 37.2 Å². The molecule has 0 radical (unpaired) electrons. The van der Waals surface area contributed by atoms with Crippen LogP contribution >= 0.6 is 11.8 Å². The summed E-state index contributed by atoms with van der Waals surface area (Å²) < 4.78 is 16.0. The fourth-order valence-corrected chi connectivity index (χ4v) is 3.26. The highest BCUT2D eigenvalue weighted by molar-refractivity contribution is 7.98. The number of hydrogen-bond acceptors (Lipinski definition) is 7. The molecule has 0 amide bonds. The first-order valence-corrected chi connectivity index (χ1v) is 9.23. The summed E-state index contributed by atoms with van der Waals surface area (Å²) >= 11 is 1.37. The molecular formula is C19H20N2O4S. The lowest BCUT2D eigenvalue weighted by atomic mass is 9.98. The van der Waals surface area contributed by atoms with Gasteiger partial charge in [0.2, 0.25) is 5.89 Å². The molecular weight excluding hydrogens is 352 g/mol. The highest BCUT2D eigenvalue weighted by Crippen LogP contribution is 2.26. The Labute approximate surface area is 155 Å². The van der Waals surface area contributed by atoms with Gasteiger partial charge in [-0.15, -0.1) is 10.2 Å². The van der Waals surface area contributed by atoms with Gasteiger partial charge in [-0.1, -0.05) is 49.0 Å². The first kappa shape index (κ1) is 18.3. The van der Waals surface area contributed by atoms with Crippen molar-refractivity contribution in [3.05, 3.63) is 64.9 Å². The normalized spacial score (nSPS) is 12.1. The summed E-state index contributed by atoms with van der Waals surface area (Å²) in [7, 11) is 1.35. The highest BCUT2D eigenvalue weighted by atomic mass is 32.2. The second kappa shape index (κ2) is 8.23. The van der Waals surface area contributed by atoms with Gasteiger partial charge in [-0.25, -0.2) is 4.79 Å². The first-order chi connectivity index (χ1) is 12.6. The Morgan fingerprint density at radius 2 is 2.00 bits per heavy atom. The summed E-state index contributed by atoms with van der Waals surface area (Å²) in [6.07, 6.45) is 0.684. The summed E-state index contributed by atoms with van der Waals surface area (Å²) in [5.74, 6) is 2.19. The number of rotatable bonds is 7. The van der Waals surface area contributed by atoms with Crippen LogP contribution in [0.1, 0.15) is 46.2 Å². The molecule has 1 atom stereocenters. The first-order valence-electron chi connectivity index (χ1n) is 8.24. The minimum Gasteiger partial charge on any atom is -0.465 e. The average molecular weight is 372 g/mol. The number of aryl methyl sites for hydroxylation is 1. The number of furan rings is 1. The number of ether oxygens (including phenoxy) is 1. The van der Waals surface area contributed by atoms with Crippen LogP contribution in [0.2, 0.25) is 0 Å². The maximum atomic E-state index is 11.6. The van der Waals surface area contributed by atoms with Crippen molar-refractivity contribution < 1.29 is 18.4 Å². The van der Waals surface area contributed by atoms with E-state index in [0.717, 1.165) is 0 Å². The maximum absolute atomic E-state index is 11.6. The van der Waals surface area contributed by atoms with Gasteiger partial charge in [-0.05, 0) is 24.5 Å². The molecule has 2 aromatic heterocycles. The third-order valence-corrected chi connectivity index (χ3v) is 4.85. The standard InChI is InChI=1S/C19H20N2O4S/c1-12(14-7-5-4-6-8-14)9-17-20-21-19(25-17)26-11-15-10-16(13(2)24-15)18(22)23-3/h4-8,10,12H,9,11H2,1-3H3. The van der Waals surface area contributed by atoms with Crippen molar-refractivity contribution >= 4 is 17.7 Å². The molecule has 7 heteroatoms. The van der Waals surface area contributed by atoms with E-state index in [9.17, 15) is 4.79 Å². The summed E-state index contributed by atoms with van der Waals surface area (Å²) in [5, 5.41) is 8.67. The zero-order chi connectivity index (χ0) is 18.5. The molecule has 136 valence electrons. The van der Waals surface area contributed by atoms with Crippen molar-refractivity contribution in [3.8, 4) is 0 Å². The van der Waals surface area contributed by atoms with Crippen LogP contribution in [0.3, 0.4) is 0 Å². The van der Waals surface area contributed by atoms with Gasteiger partial charge in [0, 0.05) is 6.42 Å². The quantitative estimate of drug-likeness (QED) is 0.449. The molecule has 0 aliphatic rings. The van der Waals surface area contributed by atoms with Crippen LogP contribution in [-0.4, -0.2) is 23.3 Å². The van der Waals surface area contributed by atoms with Gasteiger partial charge in [0.1, 0.15) is 17.1 Å². The molecule has 0 saturated heterocycles. The molecule has 26 heavy (non-hydrogen) atoms. The molecule has 0 aliphatic heterocycles. The molecule has 0 spiro atoms. The molecule has 0 aliphatic carbocycles. The minimum absolute atomic E-state index is 0.296. The van der Waals surface area contributed by atoms with Crippen molar-refractivity contribution in [2.75, 3.05) is 7.11 Å². The highest BCUT2D eigenvalue weighted by Gasteiger charge is 2.17. The van der Waals surface area contributed by atoms with Crippen LogP contribution in [0.4, 0.5) is 0 Å². The van der Waals surface area contributed by atoms with Crippen LogP contribution in [0.15, 0.2) is 50.5 Å². The van der Waals surface area contributed by atoms with Crippen molar-refractivity contribution in [1.29, 1.82) is 0 Å². The number of aromatic nitrogens is 2. The maximum Gasteiger partial charge on any atom is 0.341 e. The fourth-order valence-electron chi connectivity index (χ4n) is 2.60. The molecule has 2 heterocycles. The van der Waals surface area contributed by atoms with Crippen LogP contribution in [0.5, 0.6) is 0 Å². The topological polar surface area (TPSA) is 78.4 Å². The number of esters is 1. The fraction of sp³-hybridized carbons (Fsp3) is 0.316.